The summed E-state index contributed by atoms with van der Waals surface area (Å²) in [6.45, 7) is 1.02. The van der Waals surface area contributed by atoms with Crippen LogP contribution in [0.15, 0.2) is 79.1 Å². The Hall–Kier alpha value is -4.67. The van der Waals surface area contributed by atoms with Gasteiger partial charge in [-0.2, -0.15) is 13.2 Å². The number of nitrogens with zero attached hydrogens (tertiary/aromatic N) is 2. The maximum Gasteiger partial charge on any atom is 0.490 e. The molecule has 0 bridgehead atoms. The number of halogens is 3. The lowest BCUT2D eigenvalue weighted by Gasteiger charge is -2.12. The molecule has 0 saturated heterocycles. The zero-order valence-electron chi connectivity index (χ0n) is 19.8. The molecular weight excluding hydrogens is 487 g/mol. The van der Waals surface area contributed by atoms with Crippen molar-refractivity contribution in [1.29, 1.82) is 5.41 Å². The van der Waals surface area contributed by atoms with Crippen molar-refractivity contribution in [3.05, 3.63) is 102 Å². The van der Waals surface area contributed by atoms with Crippen molar-refractivity contribution in [2.24, 2.45) is 12.8 Å². The molecule has 2 heterocycles. The lowest BCUT2D eigenvalue weighted by molar-refractivity contribution is -0.671. The van der Waals surface area contributed by atoms with Gasteiger partial charge in [-0.15, -0.1) is 0 Å². The van der Waals surface area contributed by atoms with E-state index in [-0.39, 0.29) is 11.7 Å². The van der Waals surface area contributed by atoms with Crippen LogP contribution in [0.1, 0.15) is 27.2 Å². The van der Waals surface area contributed by atoms with E-state index in [0.29, 0.717) is 24.3 Å². The second-order valence-electron chi connectivity index (χ2n) is 8.14. The summed E-state index contributed by atoms with van der Waals surface area (Å²) in [5.74, 6) is -2.82. The second-order valence-corrected chi connectivity index (χ2v) is 8.14. The third kappa shape index (κ3) is 7.17. The molecule has 0 aliphatic rings. The van der Waals surface area contributed by atoms with Crippen LogP contribution >= 0.6 is 0 Å². The summed E-state index contributed by atoms with van der Waals surface area (Å²) in [6.07, 6.45) is -1.16. The molecule has 0 unspecified atom stereocenters. The molecule has 0 aliphatic carbocycles. The normalized spacial score (nSPS) is 10.9. The molecule has 0 radical (unpaired) electrons. The molecular formula is C26H25F3N5O3+. The summed E-state index contributed by atoms with van der Waals surface area (Å²) in [5.41, 5.74) is 9.94. The first-order valence-corrected chi connectivity index (χ1v) is 11.0. The number of carbonyl (C=O) groups is 2. The standard InChI is InChI=1S/C24H23N5O.C2HF3O2/c1-28-12-10-17(11-13-28)15-27-24(30)22-14-20-4-2-3-5-21(20)29(22)16-18-6-8-19(9-7-18)23(25)26;3-2(4,5)1(6)7/h2-14H,15-16H2,1H3,(H3-,25,26,27,30);(H,6,7)/p+1. The van der Waals surface area contributed by atoms with E-state index in [1.165, 1.54) is 0 Å². The first-order valence-electron chi connectivity index (χ1n) is 11.0. The molecule has 11 heteroatoms. The Labute approximate surface area is 210 Å². The number of hydrogen-bond acceptors (Lipinski definition) is 3. The molecule has 0 atom stereocenters. The molecule has 0 aliphatic heterocycles. The molecule has 0 spiro atoms. The fourth-order valence-corrected chi connectivity index (χ4v) is 3.46. The predicted molar refractivity (Wildman–Crippen MR) is 131 cm³/mol. The molecule has 0 fully saturated rings. The average molecular weight is 513 g/mol. The molecule has 0 saturated carbocycles. The predicted octanol–water partition coefficient (Wildman–Crippen LogP) is 3.36. The van der Waals surface area contributed by atoms with E-state index in [0.717, 1.165) is 22.0 Å². The molecule has 2 aromatic heterocycles. The van der Waals surface area contributed by atoms with Crippen LogP contribution in [-0.2, 0) is 24.9 Å². The number of alkyl halides is 3. The maximum absolute atomic E-state index is 13.0. The molecule has 8 nitrogen and oxygen atoms in total. The number of amides is 1. The number of rotatable bonds is 6. The number of nitrogens with two attached hydrogens (primary N) is 1. The van der Waals surface area contributed by atoms with E-state index in [1.807, 2.05) is 95.3 Å². The number of nitrogens with one attached hydrogen (secondary N) is 2. The van der Waals surface area contributed by atoms with E-state index >= 15 is 0 Å². The number of amidine groups is 1. The van der Waals surface area contributed by atoms with E-state index in [2.05, 4.69) is 5.32 Å². The third-order valence-electron chi connectivity index (χ3n) is 5.39. The van der Waals surface area contributed by atoms with Crippen LogP contribution in [0.2, 0.25) is 0 Å². The summed E-state index contributed by atoms with van der Waals surface area (Å²) in [6, 6.07) is 21.4. The number of aliphatic carboxylic acids is 1. The van der Waals surface area contributed by atoms with Crippen LogP contribution < -0.4 is 15.6 Å². The van der Waals surface area contributed by atoms with Gasteiger partial charge in [0.05, 0.1) is 0 Å². The number of aryl methyl sites for hydroxylation is 1. The average Bonchev–Trinajstić information content (AvgIpc) is 3.22. The highest BCUT2D eigenvalue weighted by molar-refractivity contribution is 5.99. The van der Waals surface area contributed by atoms with Crippen molar-refractivity contribution in [2.45, 2.75) is 19.3 Å². The topological polar surface area (TPSA) is 125 Å². The van der Waals surface area contributed by atoms with Crippen LogP contribution in [0.4, 0.5) is 13.2 Å². The summed E-state index contributed by atoms with van der Waals surface area (Å²) >= 11 is 0. The van der Waals surface area contributed by atoms with Crippen molar-refractivity contribution in [1.82, 2.24) is 9.88 Å². The van der Waals surface area contributed by atoms with E-state index in [9.17, 15) is 18.0 Å². The minimum absolute atomic E-state index is 0.0440. The number of nitrogen functional groups attached to an aromatic ring is 1. The van der Waals surface area contributed by atoms with Crippen LogP contribution in [0, 0.1) is 5.41 Å². The Kier molecular flexibility index (Phi) is 8.28. The van der Waals surface area contributed by atoms with Crippen molar-refractivity contribution in [3.8, 4) is 0 Å². The Balaban J connectivity index is 0.000000479. The lowest BCUT2D eigenvalue weighted by atomic mass is 10.1. The minimum Gasteiger partial charge on any atom is -0.475 e. The highest BCUT2D eigenvalue weighted by atomic mass is 19.4. The summed E-state index contributed by atoms with van der Waals surface area (Å²) < 4.78 is 35.7. The zero-order chi connectivity index (χ0) is 27.2. The SMILES string of the molecule is C[n+]1ccc(CNC(=O)c2cc3ccccc3n2Cc2ccc(C(=N)N)cc2)cc1.O=C(O)C(F)(F)F. The molecule has 4 aromatic rings. The molecule has 1 amide bonds. The number of benzene rings is 2. The number of pyridine rings is 1. The van der Waals surface area contributed by atoms with Gasteiger partial charge in [-0.1, -0.05) is 42.5 Å². The van der Waals surface area contributed by atoms with E-state index in [4.69, 9.17) is 21.0 Å². The number of para-hydroxylation sites is 1. The van der Waals surface area contributed by atoms with Crippen molar-refractivity contribution in [3.63, 3.8) is 0 Å². The van der Waals surface area contributed by atoms with Crippen molar-refractivity contribution < 1.29 is 32.4 Å². The number of carbonyl (C=O) groups excluding carboxylic acids is 1. The van der Waals surface area contributed by atoms with Gasteiger partial charge in [0.15, 0.2) is 12.4 Å². The maximum atomic E-state index is 13.0. The number of hydrogen-bond donors (Lipinski definition) is 4. The number of fused-ring (bicyclic) bond motifs is 1. The van der Waals surface area contributed by atoms with Crippen LogP contribution in [0.25, 0.3) is 10.9 Å². The molecule has 37 heavy (non-hydrogen) atoms. The Morgan fingerprint density at radius 3 is 2.19 bits per heavy atom. The highest BCUT2D eigenvalue weighted by Crippen LogP contribution is 2.22. The van der Waals surface area contributed by atoms with Gasteiger partial charge in [0, 0.05) is 41.7 Å². The fourth-order valence-electron chi connectivity index (χ4n) is 3.46. The fraction of sp³-hybridized carbons (Fsp3) is 0.154. The summed E-state index contributed by atoms with van der Waals surface area (Å²) in [4.78, 5) is 21.9. The second kappa shape index (κ2) is 11.4. The smallest absolute Gasteiger partial charge is 0.475 e. The molecule has 5 N–H and O–H groups in total. The van der Waals surface area contributed by atoms with E-state index in [1.54, 1.807) is 0 Å². The Bertz CT molecular complexity index is 1410. The quantitative estimate of drug-likeness (QED) is 0.180. The Morgan fingerprint density at radius 1 is 1.03 bits per heavy atom. The number of aromatic nitrogens is 2. The summed E-state index contributed by atoms with van der Waals surface area (Å²) in [5, 5.41) is 18.7. The van der Waals surface area contributed by atoms with Gasteiger partial charge >= 0.3 is 12.1 Å². The minimum atomic E-state index is -5.08. The van der Waals surface area contributed by atoms with Gasteiger partial charge in [-0.05, 0) is 23.3 Å². The lowest BCUT2D eigenvalue weighted by Crippen LogP contribution is -2.28. The van der Waals surface area contributed by atoms with Crippen molar-refractivity contribution >= 4 is 28.6 Å². The monoisotopic (exact) mass is 512 g/mol. The van der Waals surface area contributed by atoms with Crippen LogP contribution in [0.5, 0.6) is 0 Å². The van der Waals surface area contributed by atoms with Crippen LogP contribution in [-0.4, -0.2) is 33.6 Å². The Morgan fingerprint density at radius 2 is 1.62 bits per heavy atom. The van der Waals surface area contributed by atoms with E-state index < -0.39 is 12.1 Å². The van der Waals surface area contributed by atoms with Gasteiger partial charge in [-0.3, -0.25) is 10.2 Å². The van der Waals surface area contributed by atoms with Crippen molar-refractivity contribution in [2.75, 3.05) is 0 Å². The largest absolute Gasteiger partial charge is 0.490 e. The first-order chi connectivity index (χ1) is 17.5. The van der Waals surface area contributed by atoms with Crippen LogP contribution in [0.3, 0.4) is 0 Å². The van der Waals surface area contributed by atoms with Gasteiger partial charge in [0.25, 0.3) is 5.91 Å². The molecule has 4 rings (SSSR count). The third-order valence-corrected chi connectivity index (χ3v) is 5.39. The van der Waals surface area contributed by atoms with Gasteiger partial charge in [-0.25, -0.2) is 9.36 Å². The summed E-state index contributed by atoms with van der Waals surface area (Å²) in [7, 11) is 1.96. The first kappa shape index (κ1) is 26.9. The molecule has 2 aromatic carbocycles. The van der Waals surface area contributed by atoms with Gasteiger partial charge in [0.1, 0.15) is 18.6 Å². The zero-order valence-corrected chi connectivity index (χ0v) is 19.8. The molecule has 192 valence electrons. The number of carboxylic acid groups (broad SMARTS) is 1. The van der Waals surface area contributed by atoms with Gasteiger partial charge in [0.2, 0.25) is 0 Å². The highest BCUT2D eigenvalue weighted by Gasteiger charge is 2.38. The van der Waals surface area contributed by atoms with Gasteiger partial charge < -0.3 is 20.7 Å². The number of carboxylic acids is 1.